The minimum atomic E-state index is -3.10. The normalized spacial score (nSPS) is 12.0. The third-order valence-corrected chi connectivity index (χ3v) is 3.78. The SMILES string of the molecule is CCN(CCN)Cc1ccc(S(C)(=O)=O)cc1. The molecule has 96 valence electrons. The van der Waals surface area contributed by atoms with Gasteiger partial charge in [0.1, 0.15) is 0 Å². The van der Waals surface area contributed by atoms with Crippen molar-refractivity contribution in [3.8, 4) is 0 Å². The van der Waals surface area contributed by atoms with Gasteiger partial charge in [-0.2, -0.15) is 0 Å². The molecular weight excluding hydrogens is 236 g/mol. The first-order valence-electron chi connectivity index (χ1n) is 5.68. The van der Waals surface area contributed by atoms with Crippen LogP contribution in [0.25, 0.3) is 0 Å². The first-order chi connectivity index (χ1) is 7.97. The van der Waals surface area contributed by atoms with Gasteiger partial charge in [-0.25, -0.2) is 8.42 Å². The van der Waals surface area contributed by atoms with E-state index < -0.39 is 9.84 Å². The minimum Gasteiger partial charge on any atom is -0.329 e. The number of sulfone groups is 1. The van der Waals surface area contributed by atoms with E-state index >= 15 is 0 Å². The van der Waals surface area contributed by atoms with Crippen molar-refractivity contribution in [1.29, 1.82) is 0 Å². The first-order valence-corrected chi connectivity index (χ1v) is 7.58. The summed E-state index contributed by atoms with van der Waals surface area (Å²) in [4.78, 5) is 2.58. The molecular formula is C12H20N2O2S. The number of hydrogen-bond donors (Lipinski definition) is 1. The standard InChI is InChI=1S/C12H20N2O2S/c1-3-14(9-8-13)10-11-4-6-12(7-5-11)17(2,15)16/h4-7H,3,8-10,13H2,1-2H3. The van der Waals surface area contributed by atoms with Crippen LogP contribution < -0.4 is 5.73 Å². The average molecular weight is 256 g/mol. The lowest BCUT2D eigenvalue weighted by molar-refractivity contribution is 0.288. The van der Waals surface area contributed by atoms with E-state index in [-0.39, 0.29) is 0 Å². The average Bonchev–Trinajstić information content (AvgIpc) is 2.28. The van der Waals surface area contributed by atoms with E-state index in [1.165, 1.54) is 6.26 Å². The van der Waals surface area contributed by atoms with Crippen LogP contribution in [0.5, 0.6) is 0 Å². The molecule has 5 heteroatoms. The molecule has 0 saturated heterocycles. The zero-order valence-corrected chi connectivity index (χ0v) is 11.2. The van der Waals surface area contributed by atoms with Crippen LogP contribution in [0.1, 0.15) is 12.5 Å². The molecule has 0 aromatic heterocycles. The Hall–Kier alpha value is -0.910. The Labute approximate surface area is 103 Å². The summed E-state index contributed by atoms with van der Waals surface area (Å²) >= 11 is 0. The molecule has 0 spiro atoms. The van der Waals surface area contributed by atoms with Crippen molar-refractivity contribution in [3.63, 3.8) is 0 Å². The van der Waals surface area contributed by atoms with E-state index in [2.05, 4.69) is 11.8 Å². The number of nitrogens with two attached hydrogens (primary N) is 1. The fourth-order valence-electron chi connectivity index (χ4n) is 1.63. The predicted molar refractivity (Wildman–Crippen MR) is 69.6 cm³/mol. The van der Waals surface area contributed by atoms with Crippen LogP contribution >= 0.6 is 0 Å². The van der Waals surface area contributed by atoms with E-state index in [0.29, 0.717) is 11.4 Å². The van der Waals surface area contributed by atoms with Crippen LogP contribution in [-0.2, 0) is 16.4 Å². The smallest absolute Gasteiger partial charge is 0.175 e. The number of rotatable bonds is 6. The van der Waals surface area contributed by atoms with Crippen LogP contribution in [0.2, 0.25) is 0 Å². The summed E-state index contributed by atoms with van der Waals surface area (Å²) in [6.45, 7) is 5.31. The van der Waals surface area contributed by atoms with Crippen LogP contribution in [0.3, 0.4) is 0 Å². The second-order valence-electron chi connectivity index (χ2n) is 4.07. The lowest BCUT2D eigenvalue weighted by Gasteiger charge is -2.19. The Morgan fingerprint density at radius 1 is 1.24 bits per heavy atom. The van der Waals surface area contributed by atoms with Crippen molar-refractivity contribution in [2.45, 2.75) is 18.4 Å². The number of hydrogen-bond acceptors (Lipinski definition) is 4. The van der Waals surface area contributed by atoms with Crippen molar-refractivity contribution in [3.05, 3.63) is 29.8 Å². The van der Waals surface area contributed by atoms with Crippen molar-refractivity contribution in [2.24, 2.45) is 5.73 Å². The maximum atomic E-state index is 11.3. The molecule has 0 amide bonds. The molecule has 0 aliphatic rings. The van der Waals surface area contributed by atoms with Gasteiger partial charge in [-0.15, -0.1) is 0 Å². The van der Waals surface area contributed by atoms with E-state index in [1.54, 1.807) is 12.1 Å². The van der Waals surface area contributed by atoms with E-state index in [4.69, 9.17) is 5.73 Å². The third-order valence-electron chi connectivity index (χ3n) is 2.65. The molecule has 0 aliphatic carbocycles. The van der Waals surface area contributed by atoms with Crippen LogP contribution in [0, 0.1) is 0 Å². The topological polar surface area (TPSA) is 63.4 Å². The molecule has 1 aromatic rings. The Morgan fingerprint density at radius 3 is 2.24 bits per heavy atom. The molecule has 0 saturated carbocycles. The van der Waals surface area contributed by atoms with Crippen LogP contribution in [-0.4, -0.2) is 39.2 Å². The van der Waals surface area contributed by atoms with Crippen molar-refractivity contribution in [1.82, 2.24) is 4.90 Å². The van der Waals surface area contributed by atoms with Crippen LogP contribution in [0.15, 0.2) is 29.2 Å². The molecule has 0 heterocycles. The highest BCUT2D eigenvalue weighted by molar-refractivity contribution is 7.90. The summed E-state index contributed by atoms with van der Waals surface area (Å²) in [7, 11) is -3.10. The van der Waals surface area contributed by atoms with Crippen molar-refractivity contribution >= 4 is 9.84 Å². The largest absolute Gasteiger partial charge is 0.329 e. The fraction of sp³-hybridized carbons (Fsp3) is 0.500. The molecule has 0 bridgehead atoms. The molecule has 0 fully saturated rings. The monoisotopic (exact) mass is 256 g/mol. The van der Waals surface area contributed by atoms with Crippen LogP contribution in [0.4, 0.5) is 0 Å². The lowest BCUT2D eigenvalue weighted by atomic mass is 10.2. The van der Waals surface area contributed by atoms with Gasteiger partial charge in [-0.05, 0) is 24.2 Å². The molecule has 1 aromatic carbocycles. The van der Waals surface area contributed by atoms with Gasteiger partial charge in [-0.3, -0.25) is 4.90 Å². The molecule has 4 nitrogen and oxygen atoms in total. The van der Waals surface area contributed by atoms with Gasteiger partial charge < -0.3 is 5.73 Å². The number of benzene rings is 1. The van der Waals surface area contributed by atoms with E-state index in [9.17, 15) is 8.42 Å². The Morgan fingerprint density at radius 2 is 1.82 bits per heavy atom. The van der Waals surface area contributed by atoms with Gasteiger partial charge in [0.2, 0.25) is 0 Å². The van der Waals surface area contributed by atoms with E-state index in [1.807, 2.05) is 12.1 Å². The molecule has 0 radical (unpaired) electrons. The Kier molecular flexibility index (Phi) is 5.11. The maximum Gasteiger partial charge on any atom is 0.175 e. The number of likely N-dealkylation sites (N-methyl/N-ethyl adjacent to an activating group) is 1. The summed E-state index contributed by atoms with van der Waals surface area (Å²) in [5.41, 5.74) is 6.62. The summed E-state index contributed by atoms with van der Waals surface area (Å²) in [5, 5.41) is 0. The zero-order chi connectivity index (χ0) is 12.9. The molecule has 17 heavy (non-hydrogen) atoms. The quantitative estimate of drug-likeness (QED) is 0.820. The zero-order valence-electron chi connectivity index (χ0n) is 10.4. The summed E-state index contributed by atoms with van der Waals surface area (Å²) in [6, 6.07) is 7.02. The van der Waals surface area contributed by atoms with Crippen molar-refractivity contribution in [2.75, 3.05) is 25.9 Å². The summed E-state index contributed by atoms with van der Waals surface area (Å²) < 4.78 is 22.6. The van der Waals surface area contributed by atoms with Gasteiger partial charge in [-0.1, -0.05) is 19.1 Å². The Balaban J connectivity index is 2.74. The highest BCUT2D eigenvalue weighted by Gasteiger charge is 2.07. The third kappa shape index (κ3) is 4.46. The molecule has 0 unspecified atom stereocenters. The highest BCUT2D eigenvalue weighted by atomic mass is 32.2. The molecule has 2 N–H and O–H groups in total. The summed E-state index contributed by atoms with van der Waals surface area (Å²) in [6.07, 6.45) is 1.22. The van der Waals surface area contributed by atoms with Gasteiger partial charge in [0.25, 0.3) is 0 Å². The molecule has 0 aliphatic heterocycles. The fourth-order valence-corrected chi connectivity index (χ4v) is 2.26. The van der Waals surface area contributed by atoms with E-state index in [0.717, 1.165) is 25.2 Å². The maximum absolute atomic E-state index is 11.3. The highest BCUT2D eigenvalue weighted by Crippen LogP contribution is 2.11. The van der Waals surface area contributed by atoms with Crippen molar-refractivity contribution < 1.29 is 8.42 Å². The second-order valence-corrected chi connectivity index (χ2v) is 6.09. The molecule has 0 atom stereocenters. The lowest BCUT2D eigenvalue weighted by Crippen LogP contribution is -2.28. The van der Waals surface area contributed by atoms with Gasteiger partial charge in [0.15, 0.2) is 9.84 Å². The number of nitrogens with zero attached hydrogens (tertiary/aromatic N) is 1. The van der Waals surface area contributed by atoms with Gasteiger partial charge in [0.05, 0.1) is 4.90 Å². The first kappa shape index (κ1) is 14.2. The second kappa shape index (κ2) is 6.14. The Bertz CT molecular complexity index is 440. The van der Waals surface area contributed by atoms with Gasteiger partial charge in [0, 0.05) is 25.9 Å². The van der Waals surface area contributed by atoms with Gasteiger partial charge >= 0.3 is 0 Å². The minimum absolute atomic E-state index is 0.364. The predicted octanol–water partition coefficient (Wildman–Crippen LogP) is 0.871. The summed E-state index contributed by atoms with van der Waals surface area (Å²) in [5.74, 6) is 0. The molecule has 1 rings (SSSR count).